The molecule has 2 N–H and O–H groups in total. The molecule has 20 heavy (non-hydrogen) atoms. The Balaban J connectivity index is 2.51. The van der Waals surface area contributed by atoms with Gasteiger partial charge in [-0.3, -0.25) is 4.79 Å². The molecule has 1 saturated carbocycles. The molecular formula is C15H28N2O3. The molecule has 5 heteroatoms. The Morgan fingerprint density at radius 3 is 2.20 bits per heavy atom. The van der Waals surface area contributed by atoms with E-state index in [0.717, 1.165) is 25.7 Å². The number of nitrogens with one attached hydrogen (secondary N) is 1. The molecule has 1 aliphatic carbocycles. The van der Waals surface area contributed by atoms with E-state index in [1.54, 1.807) is 0 Å². The summed E-state index contributed by atoms with van der Waals surface area (Å²) in [5, 5.41) is 11.9. The second kappa shape index (κ2) is 8.82. The Morgan fingerprint density at radius 2 is 1.70 bits per heavy atom. The quantitative estimate of drug-likeness (QED) is 0.815. The zero-order valence-corrected chi connectivity index (χ0v) is 12.7. The maximum Gasteiger partial charge on any atom is 0.323 e. The van der Waals surface area contributed by atoms with Crippen LogP contribution in [0.2, 0.25) is 0 Å². The van der Waals surface area contributed by atoms with E-state index in [2.05, 4.69) is 5.32 Å². The van der Waals surface area contributed by atoms with Crippen molar-refractivity contribution in [3.8, 4) is 0 Å². The van der Waals surface area contributed by atoms with E-state index in [9.17, 15) is 9.59 Å². The van der Waals surface area contributed by atoms with Crippen molar-refractivity contribution in [3.05, 3.63) is 0 Å². The number of amides is 2. The van der Waals surface area contributed by atoms with Crippen LogP contribution in [-0.2, 0) is 4.79 Å². The third-order valence-electron chi connectivity index (χ3n) is 3.63. The standard InChI is InChI=1S/C15H28N2O3/c1-12(2)10-17(11-14(18)19)15(20)16-13-8-6-4-3-5-7-9-13/h12-13H,3-11H2,1-2H3,(H,16,20)(H,18,19). The molecule has 0 radical (unpaired) electrons. The van der Waals surface area contributed by atoms with E-state index in [-0.39, 0.29) is 24.5 Å². The summed E-state index contributed by atoms with van der Waals surface area (Å²) in [5.41, 5.74) is 0. The summed E-state index contributed by atoms with van der Waals surface area (Å²) in [4.78, 5) is 24.5. The highest BCUT2D eigenvalue weighted by Gasteiger charge is 2.21. The molecule has 1 aliphatic rings. The number of rotatable bonds is 5. The van der Waals surface area contributed by atoms with Crippen molar-refractivity contribution in [1.29, 1.82) is 0 Å². The molecular weight excluding hydrogens is 256 g/mol. The summed E-state index contributed by atoms with van der Waals surface area (Å²) in [6.45, 7) is 4.22. The van der Waals surface area contributed by atoms with Gasteiger partial charge in [-0.2, -0.15) is 0 Å². The van der Waals surface area contributed by atoms with Gasteiger partial charge in [0.15, 0.2) is 0 Å². The summed E-state index contributed by atoms with van der Waals surface area (Å²) >= 11 is 0. The normalized spacial score (nSPS) is 17.4. The van der Waals surface area contributed by atoms with E-state index >= 15 is 0 Å². The summed E-state index contributed by atoms with van der Waals surface area (Å²) < 4.78 is 0. The van der Waals surface area contributed by atoms with E-state index in [4.69, 9.17) is 5.11 Å². The molecule has 5 nitrogen and oxygen atoms in total. The molecule has 1 rings (SSSR count). The molecule has 0 unspecified atom stereocenters. The summed E-state index contributed by atoms with van der Waals surface area (Å²) in [5.74, 6) is -0.698. The zero-order valence-electron chi connectivity index (χ0n) is 12.7. The van der Waals surface area contributed by atoms with Gasteiger partial charge in [0.25, 0.3) is 0 Å². The molecule has 0 aromatic carbocycles. The van der Waals surface area contributed by atoms with Crippen molar-refractivity contribution in [1.82, 2.24) is 10.2 Å². The topological polar surface area (TPSA) is 69.6 Å². The Kier molecular flexibility index (Phi) is 7.41. The van der Waals surface area contributed by atoms with Gasteiger partial charge in [-0.05, 0) is 18.8 Å². The van der Waals surface area contributed by atoms with Gasteiger partial charge in [-0.1, -0.05) is 46.0 Å². The SMILES string of the molecule is CC(C)CN(CC(=O)O)C(=O)NC1CCCCCCC1. The third-order valence-corrected chi connectivity index (χ3v) is 3.63. The van der Waals surface area contributed by atoms with Gasteiger partial charge < -0.3 is 15.3 Å². The first-order valence-electron chi connectivity index (χ1n) is 7.76. The van der Waals surface area contributed by atoms with Gasteiger partial charge in [-0.15, -0.1) is 0 Å². The van der Waals surface area contributed by atoms with Gasteiger partial charge in [0.1, 0.15) is 6.54 Å². The molecule has 0 heterocycles. The van der Waals surface area contributed by atoms with Crippen LogP contribution >= 0.6 is 0 Å². The van der Waals surface area contributed by atoms with Crippen LogP contribution in [0.15, 0.2) is 0 Å². The lowest BCUT2D eigenvalue weighted by atomic mass is 9.97. The largest absolute Gasteiger partial charge is 0.480 e. The number of urea groups is 1. The Hall–Kier alpha value is -1.26. The molecule has 0 aromatic heterocycles. The molecule has 0 aliphatic heterocycles. The summed E-state index contributed by atoms with van der Waals surface area (Å²) in [6, 6.07) is -0.0297. The van der Waals surface area contributed by atoms with Crippen LogP contribution in [0.3, 0.4) is 0 Å². The second-order valence-corrected chi connectivity index (χ2v) is 6.16. The predicted octanol–water partition coefficient (Wildman–Crippen LogP) is 2.85. The fourth-order valence-corrected chi connectivity index (χ4v) is 2.69. The smallest absolute Gasteiger partial charge is 0.323 e. The number of aliphatic carboxylic acids is 1. The molecule has 0 atom stereocenters. The number of carbonyl (C=O) groups excluding carboxylic acids is 1. The van der Waals surface area contributed by atoms with Crippen LogP contribution in [0, 0.1) is 5.92 Å². The van der Waals surface area contributed by atoms with Crippen LogP contribution in [-0.4, -0.2) is 41.1 Å². The zero-order chi connectivity index (χ0) is 15.0. The molecule has 1 fully saturated rings. The maximum absolute atomic E-state index is 12.2. The van der Waals surface area contributed by atoms with Gasteiger partial charge in [0.05, 0.1) is 0 Å². The minimum atomic E-state index is -0.960. The average Bonchev–Trinajstić information content (AvgIpc) is 2.30. The van der Waals surface area contributed by atoms with E-state index in [0.29, 0.717) is 6.54 Å². The van der Waals surface area contributed by atoms with Crippen molar-refractivity contribution in [2.45, 2.75) is 64.8 Å². The lowest BCUT2D eigenvalue weighted by Crippen LogP contribution is -2.48. The molecule has 2 amide bonds. The Labute approximate surface area is 121 Å². The van der Waals surface area contributed by atoms with E-state index in [1.165, 1.54) is 24.2 Å². The fourth-order valence-electron chi connectivity index (χ4n) is 2.69. The number of carbonyl (C=O) groups is 2. The van der Waals surface area contributed by atoms with Crippen LogP contribution < -0.4 is 5.32 Å². The molecule has 0 bridgehead atoms. The van der Waals surface area contributed by atoms with Crippen LogP contribution in [0.1, 0.15) is 58.8 Å². The van der Waals surface area contributed by atoms with Crippen molar-refractivity contribution < 1.29 is 14.7 Å². The predicted molar refractivity (Wildman–Crippen MR) is 78.7 cm³/mol. The number of hydrogen-bond acceptors (Lipinski definition) is 2. The monoisotopic (exact) mass is 284 g/mol. The van der Waals surface area contributed by atoms with Crippen molar-refractivity contribution in [3.63, 3.8) is 0 Å². The Bertz CT molecular complexity index is 310. The third kappa shape index (κ3) is 6.78. The fraction of sp³-hybridized carbons (Fsp3) is 0.867. The van der Waals surface area contributed by atoms with Crippen LogP contribution in [0.5, 0.6) is 0 Å². The highest BCUT2D eigenvalue weighted by Crippen LogP contribution is 2.17. The summed E-state index contributed by atoms with van der Waals surface area (Å²) in [7, 11) is 0. The number of hydrogen-bond donors (Lipinski definition) is 2. The lowest BCUT2D eigenvalue weighted by molar-refractivity contribution is -0.137. The number of nitrogens with zero attached hydrogens (tertiary/aromatic N) is 1. The maximum atomic E-state index is 12.2. The minimum absolute atomic E-state index is 0.200. The Morgan fingerprint density at radius 1 is 1.15 bits per heavy atom. The first-order valence-corrected chi connectivity index (χ1v) is 7.76. The molecule has 0 saturated heterocycles. The van der Waals surface area contributed by atoms with Crippen molar-refractivity contribution in [2.75, 3.05) is 13.1 Å². The van der Waals surface area contributed by atoms with Gasteiger partial charge >= 0.3 is 12.0 Å². The number of carboxylic acid groups (broad SMARTS) is 1. The second-order valence-electron chi connectivity index (χ2n) is 6.16. The highest BCUT2D eigenvalue weighted by atomic mass is 16.4. The number of carboxylic acids is 1. The highest BCUT2D eigenvalue weighted by molar-refractivity contribution is 5.80. The summed E-state index contributed by atoms with van der Waals surface area (Å²) in [6.07, 6.45) is 8.07. The van der Waals surface area contributed by atoms with Crippen molar-refractivity contribution in [2.24, 2.45) is 5.92 Å². The molecule has 116 valence electrons. The first-order chi connectivity index (χ1) is 9.49. The molecule has 0 spiro atoms. The minimum Gasteiger partial charge on any atom is -0.480 e. The van der Waals surface area contributed by atoms with Crippen LogP contribution in [0.25, 0.3) is 0 Å². The van der Waals surface area contributed by atoms with E-state index < -0.39 is 5.97 Å². The van der Waals surface area contributed by atoms with Gasteiger partial charge in [-0.25, -0.2) is 4.79 Å². The average molecular weight is 284 g/mol. The van der Waals surface area contributed by atoms with E-state index in [1.807, 2.05) is 13.8 Å². The van der Waals surface area contributed by atoms with Gasteiger partial charge in [0, 0.05) is 12.6 Å². The first kappa shape index (κ1) is 16.8. The lowest BCUT2D eigenvalue weighted by Gasteiger charge is -2.27. The van der Waals surface area contributed by atoms with Crippen molar-refractivity contribution >= 4 is 12.0 Å². The van der Waals surface area contributed by atoms with Crippen LogP contribution in [0.4, 0.5) is 4.79 Å². The molecule has 0 aromatic rings. The van der Waals surface area contributed by atoms with Gasteiger partial charge in [0.2, 0.25) is 0 Å².